The molecule has 37 heavy (non-hydrogen) atoms. The van der Waals surface area contributed by atoms with Crippen LogP contribution in [0.2, 0.25) is 0 Å². The van der Waals surface area contributed by atoms with Crippen molar-refractivity contribution in [2.24, 2.45) is 5.92 Å². The van der Waals surface area contributed by atoms with Crippen LogP contribution >= 0.6 is 0 Å². The van der Waals surface area contributed by atoms with Gasteiger partial charge in [-0.15, -0.1) is 0 Å². The Bertz CT molecular complexity index is 490. The molecule has 0 aliphatic heterocycles. The van der Waals surface area contributed by atoms with Crippen LogP contribution in [0.5, 0.6) is 0 Å². The summed E-state index contributed by atoms with van der Waals surface area (Å²) in [4.78, 5) is 11.5. The van der Waals surface area contributed by atoms with Gasteiger partial charge in [-0.2, -0.15) is 0 Å². The fraction of sp³-hybridized carbons (Fsp3) is 0.962. The van der Waals surface area contributed by atoms with Gasteiger partial charge < -0.3 is 47.9 Å². The van der Waals surface area contributed by atoms with Gasteiger partial charge in [-0.1, -0.05) is 20.3 Å². The van der Waals surface area contributed by atoms with Crippen LogP contribution in [-0.4, -0.2) is 124 Å². The summed E-state index contributed by atoms with van der Waals surface area (Å²) in [6, 6.07) is 0. The highest BCUT2D eigenvalue weighted by molar-refractivity contribution is 5.67. The van der Waals surface area contributed by atoms with E-state index in [4.69, 9.17) is 42.6 Å². The minimum Gasteiger partial charge on any atom is -0.444 e. The van der Waals surface area contributed by atoms with Crippen molar-refractivity contribution in [3.05, 3.63) is 0 Å². The molecule has 222 valence electrons. The quantitative estimate of drug-likeness (QED) is 0.156. The molecule has 0 spiro atoms. The van der Waals surface area contributed by atoms with Crippen molar-refractivity contribution >= 4 is 6.09 Å². The molecule has 1 amide bonds. The van der Waals surface area contributed by atoms with E-state index in [9.17, 15) is 4.79 Å². The fourth-order valence-corrected chi connectivity index (χ4v) is 2.48. The first kappa shape index (κ1) is 35.9. The van der Waals surface area contributed by atoms with Crippen LogP contribution in [0.4, 0.5) is 4.79 Å². The van der Waals surface area contributed by atoms with E-state index in [1.165, 1.54) is 0 Å². The number of alkyl carbamates (subject to hydrolysis) is 1. The second-order valence-electron chi connectivity index (χ2n) is 9.30. The normalized spacial score (nSPS) is 12.6. The lowest BCUT2D eigenvalue weighted by molar-refractivity contribution is -0.0237. The Hall–Kier alpha value is -1.05. The van der Waals surface area contributed by atoms with Gasteiger partial charge in [-0.25, -0.2) is 4.79 Å². The molecule has 0 fully saturated rings. The van der Waals surface area contributed by atoms with Crippen LogP contribution in [0.15, 0.2) is 0 Å². The zero-order chi connectivity index (χ0) is 27.5. The number of carbonyl (C=O) groups is 1. The molecule has 0 aromatic heterocycles. The van der Waals surface area contributed by atoms with E-state index >= 15 is 0 Å². The standard InChI is InChI=1S/C26H53NO10/c1-6-24(2)23-36-22-21-35-20-19-34-18-17-33-16-15-32-14-13-31-12-11-30-10-9-29-8-7-27-25(28)37-26(3,4)5/h24H,6-23H2,1-5H3,(H,27,28). The molecular weight excluding hydrogens is 486 g/mol. The first-order chi connectivity index (χ1) is 17.8. The van der Waals surface area contributed by atoms with Gasteiger partial charge in [0.25, 0.3) is 0 Å². The topological polar surface area (TPSA) is 112 Å². The zero-order valence-corrected chi connectivity index (χ0v) is 23.9. The molecule has 0 bridgehead atoms. The monoisotopic (exact) mass is 539 g/mol. The molecule has 0 heterocycles. The third-order valence-electron chi connectivity index (χ3n) is 4.62. The number of amides is 1. The summed E-state index contributed by atoms with van der Waals surface area (Å²) in [5.74, 6) is 0.597. The Morgan fingerprint density at radius 3 is 1.24 bits per heavy atom. The number of hydrogen-bond acceptors (Lipinski definition) is 10. The predicted molar refractivity (Wildman–Crippen MR) is 140 cm³/mol. The molecule has 0 aromatic rings. The maximum atomic E-state index is 11.5. The minimum atomic E-state index is -0.503. The Balaban J connectivity index is 3.11. The summed E-state index contributed by atoms with van der Waals surface area (Å²) < 4.78 is 48.7. The molecule has 0 saturated carbocycles. The molecule has 11 nitrogen and oxygen atoms in total. The highest BCUT2D eigenvalue weighted by Crippen LogP contribution is 2.06. The van der Waals surface area contributed by atoms with E-state index in [1.54, 1.807) is 0 Å². The molecule has 1 atom stereocenters. The molecule has 0 aromatic carbocycles. The average Bonchev–Trinajstić information content (AvgIpc) is 2.84. The Morgan fingerprint density at radius 2 is 0.919 bits per heavy atom. The number of rotatable bonds is 27. The van der Waals surface area contributed by atoms with Crippen LogP contribution in [0, 0.1) is 5.92 Å². The van der Waals surface area contributed by atoms with Crippen molar-refractivity contribution in [2.75, 3.05) is 112 Å². The molecule has 0 radical (unpaired) electrons. The zero-order valence-electron chi connectivity index (χ0n) is 23.9. The molecule has 11 heteroatoms. The van der Waals surface area contributed by atoms with Crippen molar-refractivity contribution in [1.82, 2.24) is 5.32 Å². The average molecular weight is 540 g/mol. The van der Waals surface area contributed by atoms with Gasteiger partial charge in [0.05, 0.1) is 99.1 Å². The van der Waals surface area contributed by atoms with E-state index in [-0.39, 0.29) is 0 Å². The Kier molecular flexibility index (Phi) is 25.8. The summed E-state index contributed by atoms with van der Waals surface area (Å²) in [6.07, 6.45) is 0.685. The van der Waals surface area contributed by atoms with Crippen LogP contribution in [0.25, 0.3) is 0 Å². The molecule has 1 N–H and O–H groups in total. The van der Waals surface area contributed by atoms with Gasteiger partial charge in [0.15, 0.2) is 0 Å². The van der Waals surface area contributed by atoms with Crippen LogP contribution in [-0.2, 0) is 42.6 Å². The van der Waals surface area contributed by atoms with Gasteiger partial charge in [0, 0.05) is 13.2 Å². The molecule has 0 saturated heterocycles. The number of ether oxygens (including phenoxy) is 9. The predicted octanol–water partition coefficient (Wildman–Crippen LogP) is 2.69. The number of hydrogen-bond donors (Lipinski definition) is 1. The van der Waals surface area contributed by atoms with Crippen LogP contribution in [0.1, 0.15) is 41.0 Å². The van der Waals surface area contributed by atoms with E-state index < -0.39 is 11.7 Å². The minimum absolute atomic E-state index is 0.391. The maximum Gasteiger partial charge on any atom is 0.407 e. The van der Waals surface area contributed by atoms with Gasteiger partial charge in [0.2, 0.25) is 0 Å². The summed E-state index contributed by atoms with van der Waals surface area (Å²) in [6.45, 7) is 18.7. The number of nitrogens with one attached hydrogen (secondary N) is 1. The van der Waals surface area contributed by atoms with Crippen LogP contribution in [0.3, 0.4) is 0 Å². The third-order valence-corrected chi connectivity index (χ3v) is 4.62. The first-order valence-electron chi connectivity index (χ1n) is 13.4. The van der Waals surface area contributed by atoms with Crippen molar-refractivity contribution < 1.29 is 47.4 Å². The molecule has 1 unspecified atom stereocenters. The van der Waals surface area contributed by atoms with Gasteiger partial charge in [0.1, 0.15) is 5.60 Å². The van der Waals surface area contributed by atoms with Crippen molar-refractivity contribution in [3.63, 3.8) is 0 Å². The summed E-state index contributed by atoms with van der Waals surface area (Å²) >= 11 is 0. The molecule has 0 aliphatic carbocycles. The Morgan fingerprint density at radius 1 is 0.595 bits per heavy atom. The second kappa shape index (κ2) is 26.6. The molecular formula is C26H53NO10. The Labute approximate surface area is 224 Å². The lowest BCUT2D eigenvalue weighted by Crippen LogP contribution is -2.34. The molecule has 0 aliphatic rings. The smallest absolute Gasteiger partial charge is 0.407 e. The summed E-state index contributed by atoms with van der Waals surface area (Å²) in [5.41, 5.74) is -0.503. The first-order valence-corrected chi connectivity index (χ1v) is 13.4. The van der Waals surface area contributed by atoms with Gasteiger partial charge in [-0.3, -0.25) is 0 Å². The maximum absolute atomic E-state index is 11.5. The highest BCUT2D eigenvalue weighted by atomic mass is 16.6. The van der Waals surface area contributed by atoms with Crippen molar-refractivity contribution in [1.29, 1.82) is 0 Å². The summed E-state index contributed by atoms with van der Waals surface area (Å²) in [7, 11) is 0. The second-order valence-corrected chi connectivity index (χ2v) is 9.30. The number of carbonyl (C=O) groups excluding carboxylic acids is 1. The van der Waals surface area contributed by atoms with Crippen molar-refractivity contribution in [2.45, 2.75) is 46.6 Å². The summed E-state index contributed by atoms with van der Waals surface area (Å²) in [5, 5.41) is 2.63. The van der Waals surface area contributed by atoms with Gasteiger partial charge >= 0.3 is 6.09 Å². The lowest BCUT2D eigenvalue weighted by Gasteiger charge is -2.19. The van der Waals surface area contributed by atoms with E-state index in [0.717, 1.165) is 13.0 Å². The van der Waals surface area contributed by atoms with E-state index in [2.05, 4.69) is 19.2 Å². The van der Waals surface area contributed by atoms with Crippen molar-refractivity contribution in [3.8, 4) is 0 Å². The third kappa shape index (κ3) is 31.1. The molecule has 0 rings (SSSR count). The van der Waals surface area contributed by atoms with E-state index in [0.29, 0.717) is 112 Å². The van der Waals surface area contributed by atoms with E-state index in [1.807, 2.05) is 20.8 Å². The van der Waals surface area contributed by atoms with Crippen LogP contribution < -0.4 is 5.32 Å². The fourth-order valence-electron chi connectivity index (χ4n) is 2.48. The highest BCUT2D eigenvalue weighted by Gasteiger charge is 2.15. The SMILES string of the molecule is CCC(C)COCCOCCOCCOCCOCCOCCOCCOCCNC(=O)OC(C)(C)C. The lowest BCUT2D eigenvalue weighted by atomic mass is 10.1. The largest absolute Gasteiger partial charge is 0.444 e. The van der Waals surface area contributed by atoms with Gasteiger partial charge in [-0.05, 0) is 26.7 Å².